The number of amides is 1. The number of nitrogens with one attached hydrogen (secondary N) is 1. The number of carbonyl (C=O) groups excluding carboxylic acids is 1. The standard InChI is InChI=1S/C17H26N2O3S/c1-13-6-7-15(14(2)11-13)8-9-17(20)19-10-4-5-16(12-19)23(21,22)18-3/h6-7,11,16,18H,4-5,8-10,12H2,1-3H3/t16-/m0/s1. The van der Waals surface area contributed by atoms with Crippen molar-refractivity contribution in [3.8, 4) is 0 Å². The van der Waals surface area contributed by atoms with Gasteiger partial charge in [0.25, 0.3) is 0 Å². The van der Waals surface area contributed by atoms with Gasteiger partial charge in [0.05, 0.1) is 5.25 Å². The molecule has 5 nitrogen and oxygen atoms in total. The van der Waals surface area contributed by atoms with E-state index in [0.717, 1.165) is 6.42 Å². The molecule has 2 rings (SSSR count). The second-order valence-electron chi connectivity index (χ2n) is 6.28. The van der Waals surface area contributed by atoms with Crippen molar-refractivity contribution in [2.24, 2.45) is 0 Å². The number of carbonyl (C=O) groups is 1. The molecule has 0 spiro atoms. The molecule has 0 radical (unpaired) electrons. The molecule has 1 aromatic carbocycles. The summed E-state index contributed by atoms with van der Waals surface area (Å²) in [5.41, 5.74) is 3.60. The predicted molar refractivity (Wildman–Crippen MR) is 91.8 cm³/mol. The summed E-state index contributed by atoms with van der Waals surface area (Å²) in [6, 6.07) is 6.25. The maximum atomic E-state index is 12.4. The molecule has 128 valence electrons. The van der Waals surface area contributed by atoms with E-state index in [9.17, 15) is 13.2 Å². The van der Waals surface area contributed by atoms with Crippen molar-refractivity contribution < 1.29 is 13.2 Å². The summed E-state index contributed by atoms with van der Waals surface area (Å²) in [5.74, 6) is 0.0426. The number of benzene rings is 1. The summed E-state index contributed by atoms with van der Waals surface area (Å²) in [6.07, 6.45) is 2.48. The number of nitrogens with zero attached hydrogens (tertiary/aromatic N) is 1. The van der Waals surface area contributed by atoms with E-state index in [-0.39, 0.29) is 5.91 Å². The van der Waals surface area contributed by atoms with Gasteiger partial charge in [-0.25, -0.2) is 13.1 Å². The van der Waals surface area contributed by atoms with E-state index >= 15 is 0 Å². The van der Waals surface area contributed by atoms with Crippen molar-refractivity contribution in [2.75, 3.05) is 20.1 Å². The number of hydrogen-bond acceptors (Lipinski definition) is 3. The van der Waals surface area contributed by atoms with E-state index in [2.05, 4.69) is 36.8 Å². The van der Waals surface area contributed by atoms with Gasteiger partial charge in [-0.05, 0) is 51.3 Å². The second-order valence-corrected chi connectivity index (χ2v) is 8.45. The van der Waals surface area contributed by atoms with Crippen LogP contribution in [0, 0.1) is 13.8 Å². The molecule has 1 N–H and O–H groups in total. The van der Waals surface area contributed by atoms with E-state index < -0.39 is 15.3 Å². The van der Waals surface area contributed by atoms with Gasteiger partial charge in [-0.3, -0.25) is 4.79 Å². The normalized spacial score (nSPS) is 18.9. The lowest BCUT2D eigenvalue weighted by molar-refractivity contribution is -0.131. The molecule has 0 aromatic heterocycles. The van der Waals surface area contributed by atoms with Crippen molar-refractivity contribution in [3.05, 3.63) is 34.9 Å². The Kier molecular flexibility index (Phi) is 5.81. The summed E-state index contributed by atoms with van der Waals surface area (Å²) in [6.45, 7) is 5.07. The Hall–Kier alpha value is -1.40. The van der Waals surface area contributed by atoms with Crippen LogP contribution in [-0.4, -0.2) is 44.6 Å². The van der Waals surface area contributed by atoms with E-state index in [1.54, 1.807) is 4.90 Å². The minimum atomic E-state index is -3.31. The van der Waals surface area contributed by atoms with Crippen LogP contribution in [0.1, 0.15) is 36.0 Å². The molecule has 1 aliphatic rings. The minimum Gasteiger partial charge on any atom is -0.341 e. The van der Waals surface area contributed by atoms with Crippen molar-refractivity contribution in [1.82, 2.24) is 9.62 Å². The van der Waals surface area contributed by atoms with Gasteiger partial charge in [-0.1, -0.05) is 23.8 Å². The predicted octanol–water partition coefficient (Wildman–Crippen LogP) is 1.78. The molecule has 1 heterocycles. The Labute approximate surface area is 139 Å². The number of hydrogen-bond donors (Lipinski definition) is 1. The molecule has 6 heteroatoms. The molecule has 1 fully saturated rings. The number of aryl methyl sites for hydroxylation is 3. The van der Waals surface area contributed by atoms with Crippen molar-refractivity contribution >= 4 is 15.9 Å². The molecule has 1 atom stereocenters. The summed E-state index contributed by atoms with van der Waals surface area (Å²) in [4.78, 5) is 14.1. The molecule has 1 aliphatic heterocycles. The first kappa shape index (κ1) is 17.9. The van der Waals surface area contributed by atoms with Crippen LogP contribution in [0.2, 0.25) is 0 Å². The van der Waals surface area contributed by atoms with Crippen LogP contribution in [0.5, 0.6) is 0 Å². The third-order valence-electron chi connectivity index (χ3n) is 4.56. The van der Waals surface area contributed by atoms with Gasteiger partial charge in [0.15, 0.2) is 0 Å². The zero-order chi connectivity index (χ0) is 17.0. The highest BCUT2D eigenvalue weighted by molar-refractivity contribution is 7.90. The molecule has 0 saturated carbocycles. The maximum absolute atomic E-state index is 12.4. The van der Waals surface area contributed by atoms with Crippen LogP contribution in [-0.2, 0) is 21.2 Å². The average Bonchev–Trinajstić information content (AvgIpc) is 2.54. The minimum absolute atomic E-state index is 0.0426. The Morgan fingerprint density at radius 2 is 2.09 bits per heavy atom. The van der Waals surface area contributed by atoms with Crippen molar-refractivity contribution in [2.45, 2.75) is 44.8 Å². The molecule has 0 unspecified atom stereocenters. The lowest BCUT2D eigenvalue weighted by Crippen LogP contribution is -2.47. The largest absolute Gasteiger partial charge is 0.341 e. The first-order valence-corrected chi connectivity index (χ1v) is 9.64. The van der Waals surface area contributed by atoms with E-state index in [1.807, 2.05) is 0 Å². The third kappa shape index (κ3) is 4.54. The Bertz CT molecular complexity index is 670. The molecule has 1 saturated heterocycles. The molecule has 0 bridgehead atoms. The van der Waals surface area contributed by atoms with E-state index in [0.29, 0.717) is 32.4 Å². The van der Waals surface area contributed by atoms with Gasteiger partial charge >= 0.3 is 0 Å². The number of rotatable bonds is 5. The Morgan fingerprint density at radius 1 is 1.35 bits per heavy atom. The first-order valence-electron chi connectivity index (χ1n) is 8.09. The first-order chi connectivity index (χ1) is 10.8. The van der Waals surface area contributed by atoms with Gasteiger partial charge in [-0.2, -0.15) is 0 Å². The highest BCUT2D eigenvalue weighted by Gasteiger charge is 2.31. The topological polar surface area (TPSA) is 66.5 Å². The second kappa shape index (κ2) is 7.45. The average molecular weight is 338 g/mol. The molecule has 23 heavy (non-hydrogen) atoms. The van der Waals surface area contributed by atoms with E-state index in [1.165, 1.54) is 23.7 Å². The highest BCUT2D eigenvalue weighted by Crippen LogP contribution is 2.18. The van der Waals surface area contributed by atoms with Gasteiger partial charge < -0.3 is 4.90 Å². The lowest BCUT2D eigenvalue weighted by Gasteiger charge is -2.32. The highest BCUT2D eigenvalue weighted by atomic mass is 32.2. The van der Waals surface area contributed by atoms with Crippen LogP contribution >= 0.6 is 0 Å². The van der Waals surface area contributed by atoms with Crippen LogP contribution in [0.4, 0.5) is 0 Å². The zero-order valence-corrected chi connectivity index (χ0v) is 14.9. The monoisotopic (exact) mass is 338 g/mol. The number of sulfonamides is 1. The zero-order valence-electron chi connectivity index (χ0n) is 14.1. The van der Waals surface area contributed by atoms with Crippen LogP contribution in [0.25, 0.3) is 0 Å². The van der Waals surface area contributed by atoms with Gasteiger partial charge in [-0.15, -0.1) is 0 Å². The lowest BCUT2D eigenvalue weighted by atomic mass is 10.0. The Morgan fingerprint density at radius 3 is 2.74 bits per heavy atom. The summed E-state index contributed by atoms with van der Waals surface area (Å²) in [5, 5.41) is -0.494. The molecule has 1 aromatic rings. The summed E-state index contributed by atoms with van der Waals surface area (Å²) in [7, 11) is -1.88. The van der Waals surface area contributed by atoms with Crippen LogP contribution in [0.15, 0.2) is 18.2 Å². The van der Waals surface area contributed by atoms with Crippen molar-refractivity contribution in [3.63, 3.8) is 0 Å². The van der Waals surface area contributed by atoms with Crippen LogP contribution in [0.3, 0.4) is 0 Å². The summed E-state index contributed by atoms with van der Waals surface area (Å²) >= 11 is 0. The smallest absolute Gasteiger partial charge is 0.222 e. The van der Waals surface area contributed by atoms with E-state index in [4.69, 9.17) is 0 Å². The number of piperidine rings is 1. The molecular formula is C17H26N2O3S. The van der Waals surface area contributed by atoms with Crippen LogP contribution < -0.4 is 4.72 Å². The van der Waals surface area contributed by atoms with Gasteiger partial charge in [0, 0.05) is 19.5 Å². The van der Waals surface area contributed by atoms with Gasteiger partial charge in [0.2, 0.25) is 15.9 Å². The summed E-state index contributed by atoms with van der Waals surface area (Å²) < 4.78 is 26.2. The molecule has 0 aliphatic carbocycles. The Balaban J connectivity index is 1.95. The SMILES string of the molecule is CNS(=O)(=O)[C@H]1CCCN(C(=O)CCc2ccc(C)cc2C)C1. The fraction of sp³-hybridized carbons (Fsp3) is 0.588. The maximum Gasteiger partial charge on any atom is 0.222 e. The molecule has 1 amide bonds. The third-order valence-corrected chi connectivity index (χ3v) is 6.39. The molecular weight excluding hydrogens is 312 g/mol. The quantitative estimate of drug-likeness (QED) is 0.890. The fourth-order valence-corrected chi connectivity index (χ4v) is 4.30. The van der Waals surface area contributed by atoms with Crippen molar-refractivity contribution in [1.29, 1.82) is 0 Å². The van der Waals surface area contributed by atoms with Gasteiger partial charge in [0.1, 0.15) is 0 Å². The number of likely N-dealkylation sites (tertiary alicyclic amines) is 1. The fourth-order valence-electron chi connectivity index (χ4n) is 3.11.